The average Bonchev–Trinajstić information content (AvgIpc) is 3.98. The molecule has 4 N–H and O–H groups in total. The first-order chi connectivity index (χ1) is 24.2. The van der Waals surface area contributed by atoms with E-state index in [0.29, 0.717) is 0 Å². The van der Waals surface area contributed by atoms with Crippen molar-refractivity contribution in [3.8, 4) is 0 Å². The van der Waals surface area contributed by atoms with Crippen LogP contribution in [0.25, 0.3) is 22.3 Å². The summed E-state index contributed by atoms with van der Waals surface area (Å²) in [6.07, 6.45) is 14.5. The number of allylic oxidation sites excluding steroid dienone is 7. The highest BCUT2D eigenvalue weighted by atomic mass is 16.3. The van der Waals surface area contributed by atoms with Crippen LogP contribution in [0.4, 0.5) is 0 Å². The predicted octanol–water partition coefficient (Wildman–Crippen LogP) is 7.63. The van der Waals surface area contributed by atoms with E-state index < -0.39 is 0 Å². The van der Waals surface area contributed by atoms with Crippen LogP contribution in [0.2, 0.25) is 0 Å². The quantitative estimate of drug-likeness (QED) is 0.164. The molecular weight excluding hydrogens is 601 g/mol. The van der Waals surface area contributed by atoms with Crippen molar-refractivity contribution in [1.29, 1.82) is 0 Å². The summed E-state index contributed by atoms with van der Waals surface area (Å²) in [6.45, 7) is 0. The summed E-state index contributed by atoms with van der Waals surface area (Å²) in [6, 6.07) is 39.6. The van der Waals surface area contributed by atoms with Crippen LogP contribution in [-0.4, -0.2) is 26.8 Å². The van der Waals surface area contributed by atoms with Crippen molar-refractivity contribution in [1.82, 2.24) is 15.3 Å². The number of aliphatic hydroxyl groups is 1. The molecule has 5 nitrogen and oxygen atoms in total. The van der Waals surface area contributed by atoms with Crippen LogP contribution in [0.5, 0.6) is 0 Å². The van der Waals surface area contributed by atoms with Gasteiger partial charge < -0.3 is 20.4 Å². The first kappa shape index (κ1) is 28.9. The maximum atomic E-state index is 11.8. The number of benzene rings is 3. The van der Waals surface area contributed by atoms with E-state index in [0.717, 1.165) is 91.0 Å². The Balaban J connectivity index is 1.40. The zero-order valence-corrected chi connectivity index (χ0v) is 26.8. The minimum atomic E-state index is -0.281. The molecule has 49 heavy (non-hydrogen) atoms. The molecule has 0 radical (unpaired) electrons. The molecule has 1 atom stereocenters. The minimum Gasteiger partial charge on any atom is -0.506 e. The van der Waals surface area contributed by atoms with E-state index in [-0.39, 0.29) is 11.8 Å². The predicted molar refractivity (Wildman–Crippen MR) is 199 cm³/mol. The van der Waals surface area contributed by atoms with Gasteiger partial charge in [0.2, 0.25) is 0 Å². The third-order valence-electron chi connectivity index (χ3n) is 9.61. The van der Waals surface area contributed by atoms with Crippen LogP contribution in [0.15, 0.2) is 179 Å². The number of fused-ring (bicyclic) bond motifs is 7. The Kier molecular flexibility index (Phi) is 7.09. The highest BCUT2D eigenvalue weighted by molar-refractivity contribution is 6.30. The maximum Gasteiger partial charge on any atom is 0.137 e. The lowest BCUT2D eigenvalue weighted by molar-refractivity contribution is 0.424. The van der Waals surface area contributed by atoms with Gasteiger partial charge in [0.1, 0.15) is 5.76 Å². The average molecular weight is 635 g/mol. The Morgan fingerprint density at radius 3 is 1.98 bits per heavy atom. The number of aliphatic imine (C=N–C) groups is 1. The summed E-state index contributed by atoms with van der Waals surface area (Å²) in [5.41, 5.74) is 12.8. The fourth-order valence-electron chi connectivity index (χ4n) is 7.39. The summed E-state index contributed by atoms with van der Waals surface area (Å²) in [7, 11) is 0. The van der Waals surface area contributed by atoms with Gasteiger partial charge in [-0.3, -0.25) is 0 Å². The SMILES string of the molecule is OC1=CC2N/C1=C(/C1=CC=CCC1)c1ccc([nH]1)/C(c1ccccc1)=C1/C=CC(=N1)/C(c1ccccc1)=c1/cc/c([nH]1)=C/2c1ccccc1. The van der Waals surface area contributed by atoms with Crippen molar-refractivity contribution in [3.63, 3.8) is 0 Å². The van der Waals surface area contributed by atoms with Crippen molar-refractivity contribution in [3.05, 3.63) is 213 Å². The van der Waals surface area contributed by atoms with E-state index in [2.05, 4.69) is 143 Å². The monoisotopic (exact) mass is 634 g/mol. The van der Waals surface area contributed by atoms with E-state index in [1.807, 2.05) is 24.3 Å². The summed E-state index contributed by atoms with van der Waals surface area (Å²) >= 11 is 0. The molecule has 9 rings (SSSR count). The highest BCUT2D eigenvalue weighted by Gasteiger charge is 2.30. The largest absolute Gasteiger partial charge is 0.506 e. The second-order valence-electron chi connectivity index (χ2n) is 12.6. The van der Waals surface area contributed by atoms with Crippen molar-refractivity contribution < 1.29 is 5.11 Å². The van der Waals surface area contributed by atoms with E-state index >= 15 is 0 Å². The molecule has 5 heterocycles. The number of nitrogens with zero attached hydrogens (tertiary/aromatic N) is 1. The Labute approximate surface area is 284 Å². The van der Waals surface area contributed by atoms with Gasteiger partial charge in [0.15, 0.2) is 0 Å². The Morgan fingerprint density at radius 1 is 0.633 bits per heavy atom. The molecule has 0 fully saturated rings. The topological polar surface area (TPSA) is 76.2 Å². The molecule has 5 heteroatoms. The fraction of sp³-hybridized carbons (Fsp3) is 0.0682. The van der Waals surface area contributed by atoms with Crippen molar-refractivity contribution in [2.45, 2.75) is 18.9 Å². The Bertz CT molecular complexity index is 2450. The standard InChI is InChI=1S/C44H34N4O/c49-39-27-38-42(30-17-9-3-10-18-30)36-24-23-34(46-36)40(28-13-5-1-6-14-28)32-21-22-33(45-32)41(29-15-7-2-8-16-29)35-25-26-37(47-35)43(44(39)48-38)31-19-11-4-12-20-31/h1-11,13-19,21-27,38,46-49H,12,20H2/b40-34-,41-33-,42-36-,44-43-. The van der Waals surface area contributed by atoms with Gasteiger partial charge in [-0.1, -0.05) is 109 Å². The number of rotatable bonds is 4. The molecule has 8 bridgehead atoms. The van der Waals surface area contributed by atoms with E-state index in [1.165, 1.54) is 5.57 Å². The lowest BCUT2D eigenvalue weighted by Gasteiger charge is -2.20. The van der Waals surface area contributed by atoms with Crippen LogP contribution < -0.4 is 16.0 Å². The Morgan fingerprint density at radius 2 is 1.29 bits per heavy atom. The van der Waals surface area contributed by atoms with Gasteiger partial charge in [-0.15, -0.1) is 0 Å². The second kappa shape index (κ2) is 12.0. The maximum absolute atomic E-state index is 11.8. The number of aliphatic hydroxyl groups excluding tert-OH is 1. The third kappa shape index (κ3) is 5.17. The molecular formula is C44H34N4O. The second-order valence-corrected chi connectivity index (χ2v) is 12.6. The number of H-pyrrole nitrogens is 2. The minimum absolute atomic E-state index is 0.238. The van der Waals surface area contributed by atoms with E-state index in [1.54, 1.807) is 0 Å². The first-order valence-electron chi connectivity index (χ1n) is 16.8. The van der Waals surface area contributed by atoms with E-state index in [9.17, 15) is 5.11 Å². The van der Waals surface area contributed by atoms with Crippen molar-refractivity contribution in [2.75, 3.05) is 0 Å². The molecule has 0 saturated heterocycles. The zero-order valence-electron chi connectivity index (χ0n) is 26.8. The zero-order chi connectivity index (χ0) is 32.7. The van der Waals surface area contributed by atoms with Crippen LogP contribution >= 0.6 is 0 Å². The van der Waals surface area contributed by atoms with Gasteiger partial charge in [0, 0.05) is 44.4 Å². The van der Waals surface area contributed by atoms with Gasteiger partial charge in [-0.2, -0.15) is 0 Å². The smallest absolute Gasteiger partial charge is 0.137 e. The molecule has 236 valence electrons. The van der Waals surface area contributed by atoms with Crippen LogP contribution in [-0.2, 0) is 0 Å². The molecule has 1 aliphatic carbocycles. The van der Waals surface area contributed by atoms with Crippen molar-refractivity contribution >= 4 is 28.0 Å². The van der Waals surface area contributed by atoms with Gasteiger partial charge in [0.05, 0.1) is 23.1 Å². The number of aromatic nitrogens is 2. The van der Waals surface area contributed by atoms with E-state index in [4.69, 9.17) is 4.99 Å². The molecule has 0 saturated carbocycles. The molecule has 2 aromatic heterocycles. The normalized spacial score (nSPS) is 23.6. The number of nitrogens with one attached hydrogen (secondary N) is 3. The first-order valence-corrected chi connectivity index (χ1v) is 16.8. The molecule has 4 aliphatic rings. The molecule has 5 aromatic rings. The van der Waals surface area contributed by atoms with Crippen molar-refractivity contribution in [2.24, 2.45) is 4.99 Å². The molecule has 3 aromatic carbocycles. The van der Waals surface area contributed by atoms with Gasteiger partial charge in [-0.25, -0.2) is 4.99 Å². The summed E-state index contributed by atoms with van der Waals surface area (Å²) < 4.78 is 0. The van der Waals surface area contributed by atoms with Gasteiger partial charge >= 0.3 is 0 Å². The van der Waals surface area contributed by atoms with Crippen LogP contribution in [0.3, 0.4) is 0 Å². The Hall–Kier alpha value is -6.33. The summed E-state index contributed by atoms with van der Waals surface area (Å²) in [5, 5.41) is 17.5. The molecule has 0 amide bonds. The number of aromatic amines is 2. The van der Waals surface area contributed by atoms with Gasteiger partial charge in [0.25, 0.3) is 0 Å². The fourth-order valence-corrected chi connectivity index (χ4v) is 7.39. The summed E-state index contributed by atoms with van der Waals surface area (Å²) in [5.74, 6) is 0.238. The molecule has 0 spiro atoms. The third-order valence-corrected chi connectivity index (χ3v) is 9.61. The van der Waals surface area contributed by atoms with Crippen LogP contribution in [0, 0.1) is 0 Å². The van der Waals surface area contributed by atoms with Gasteiger partial charge in [-0.05, 0) is 77.6 Å². The molecule has 3 aliphatic heterocycles. The molecule has 1 unspecified atom stereocenters. The van der Waals surface area contributed by atoms with Crippen LogP contribution in [0.1, 0.15) is 40.9 Å². The lowest BCUT2D eigenvalue weighted by atomic mass is 9.93. The lowest BCUT2D eigenvalue weighted by Crippen LogP contribution is -2.30. The number of hydrogen-bond donors (Lipinski definition) is 4. The summed E-state index contributed by atoms with van der Waals surface area (Å²) in [4.78, 5) is 12.9. The number of hydrogen-bond acceptors (Lipinski definition) is 3. The highest BCUT2D eigenvalue weighted by Crippen LogP contribution is 2.38.